The Morgan fingerprint density at radius 3 is 2.82 bits per heavy atom. The van der Waals surface area contributed by atoms with Gasteiger partial charge in [0, 0.05) is 0 Å². The molecular weight excluding hydrogens is 216 g/mol. The van der Waals surface area contributed by atoms with Gasteiger partial charge in [-0.2, -0.15) is 0 Å². The van der Waals surface area contributed by atoms with Crippen LogP contribution in [0.25, 0.3) is 16.4 Å². The van der Waals surface area contributed by atoms with E-state index in [2.05, 4.69) is 10.4 Å². The number of hydrogen-bond donors (Lipinski definition) is 2. The number of pyridine rings is 1. The molecule has 3 rings (SSSR count). The Balaban J connectivity index is 2.39. The van der Waals surface area contributed by atoms with Crippen LogP contribution in [0.2, 0.25) is 0 Å². The topological polar surface area (TPSA) is 72.4 Å². The monoisotopic (exact) mass is 226 g/mol. The number of nitrogen functional groups attached to an aromatic ring is 1. The molecule has 84 valence electrons. The number of nitrogens with one attached hydrogen (secondary N) is 1. The second-order valence-corrected chi connectivity index (χ2v) is 3.71. The number of hydrazine groups is 1. The van der Waals surface area contributed by atoms with E-state index in [4.69, 9.17) is 5.84 Å². The molecule has 0 atom stereocenters. The van der Waals surface area contributed by atoms with E-state index in [1.54, 1.807) is 6.33 Å². The molecule has 5 nitrogen and oxygen atoms in total. The number of nitrogens with zero attached hydrogens (tertiary/aromatic N) is 2. The smallest absolute Gasteiger partial charge is 0.286 e. The van der Waals surface area contributed by atoms with Crippen LogP contribution in [-0.4, -0.2) is 15.3 Å². The van der Waals surface area contributed by atoms with Gasteiger partial charge in [-0.05, 0) is 17.5 Å². The number of hydrogen-bond acceptors (Lipinski definition) is 3. The summed E-state index contributed by atoms with van der Waals surface area (Å²) in [5.41, 5.74) is 4.17. The van der Waals surface area contributed by atoms with Crippen LogP contribution >= 0.6 is 0 Å². The number of carbonyl (C=O) groups is 1. The molecule has 1 aromatic carbocycles. The maximum absolute atomic E-state index is 11.5. The van der Waals surface area contributed by atoms with E-state index in [1.807, 2.05) is 40.8 Å². The van der Waals surface area contributed by atoms with E-state index in [9.17, 15) is 4.79 Å². The van der Waals surface area contributed by atoms with Gasteiger partial charge in [0.2, 0.25) is 0 Å². The van der Waals surface area contributed by atoms with Gasteiger partial charge in [-0.3, -0.25) is 14.6 Å². The number of benzene rings is 1. The lowest BCUT2D eigenvalue weighted by Crippen LogP contribution is -2.30. The molecule has 0 aliphatic rings. The van der Waals surface area contributed by atoms with Crippen molar-refractivity contribution in [3.8, 4) is 0 Å². The van der Waals surface area contributed by atoms with E-state index < -0.39 is 0 Å². The van der Waals surface area contributed by atoms with Gasteiger partial charge in [0.15, 0.2) is 5.69 Å². The first-order chi connectivity index (χ1) is 8.31. The minimum atomic E-state index is -0.386. The van der Waals surface area contributed by atoms with Crippen LogP contribution in [0.5, 0.6) is 0 Å². The molecule has 0 saturated heterocycles. The summed E-state index contributed by atoms with van der Waals surface area (Å²) in [7, 11) is 0. The van der Waals surface area contributed by atoms with E-state index in [0.29, 0.717) is 5.69 Å². The summed E-state index contributed by atoms with van der Waals surface area (Å²) < 4.78 is 1.87. The number of para-hydroxylation sites is 1. The summed E-state index contributed by atoms with van der Waals surface area (Å²) in [6, 6.07) is 11.7. The summed E-state index contributed by atoms with van der Waals surface area (Å²) >= 11 is 0. The predicted octanol–water partition coefficient (Wildman–Crippen LogP) is 1.09. The number of aromatic nitrogens is 2. The highest BCUT2D eigenvalue weighted by Crippen LogP contribution is 2.18. The Kier molecular flexibility index (Phi) is 2.06. The highest BCUT2D eigenvalue weighted by Gasteiger charge is 2.12. The van der Waals surface area contributed by atoms with Crippen molar-refractivity contribution in [2.75, 3.05) is 0 Å². The number of carbonyl (C=O) groups excluding carboxylic acids is 1. The summed E-state index contributed by atoms with van der Waals surface area (Å²) in [6.07, 6.45) is 1.63. The fourth-order valence-electron chi connectivity index (χ4n) is 1.97. The predicted molar refractivity (Wildman–Crippen MR) is 64.4 cm³/mol. The Morgan fingerprint density at radius 1 is 1.18 bits per heavy atom. The zero-order chi connectivity index (χ0) is 11.8. The lowest BCUT2D eigenvalue weighted by Gasteiger charge is -2.02. The van der Waals surface area contributed by atoms with Crippen molar-refractivity contribution in [3.05, 3.63) is 48.4 Å². The Morgan fingerprint density at radius 2 is 2.00 bits per heavy atom. The van der Waals surface area contributed by atoms with Gasteiger partial charge in [0.25, 0.3) is 5.91 Å². The van der Waals surface area contributed by atoms with Gasteiger partial charge in [-0.15, -0.1) is 0 Å². The van der Waals surface area contributed by atoms with Gasteiger partial charge >= 0.3 is 0 Å². The van der Waals surface area contributed by atoms with Crippen LogP contribution in [0.1, 0.15) is 10.5 Å². The standard InChI is InChI=1S/C12H10N4O/c13-15-12(17)11-10-6-5-8-3-1-2-4-9(8)16(10)7-14-11/h1-7H,13H2,(H,15,17). The first-order valence-corrected chi connectivity index (χ1v) is 5.17. The Labute approximate surface area is 96.8 Å². The minimum absolute atomic E-state index is 0.332. The second kappa shape index (κ2) is 3.57. The third-order valence-corrected chi connectivity index (χ3v) is 2.77. The number of rotatable bonds is 1. The highest BCUT2D eigenvalue weighted by molar-refractivity contribution is 6.00. The lowest BCUT2D eigenvalue weighted by atomic mass is 10.2. The van der Waals surface area contributed by atoms with Gasteiger partial charge in [0.1, 0.15) is 6.33 Å². The molecule has 5 heteroatoms. The van der Waals surface area contributed by atoms with Gasteiger partial charge in [-0.25, -0.2) is 10.8 Å². The van der Waals surface area contributed by atoms with Crippen molar-refractivity contribution < 1.29 is 4.79 Å². The van der Waals surface area contributed by atoms with Crippen molar-refractivity contribution >= 4 is 22.3 Å². The number of nitrogens with two attached hydrogens (primary N) is 1. The molecule has 0 unspecified atom stereocenters. The zero-order valence-corrected chi connectivity index (χ0v) is 8.92. The average Bonchev–Trinajstić information content (AvgIpc) is 2.82. The molecule has 0 aliphatic heterocycles. The molecule has 3 N–H and O–H groups in total. The molecule has 0 spiro atoms. The Bertz CT molecular complexity index is 717. The summed E-state index contributed by atoms with van der Waals surface area (Å²) in [4.78, 5) is 15.6. The molecule has 0 fully saturated rings. The molecule has 3 aromatic rings. The fraction of sp³-hybridized carbons (Fsp3) is 0. The van der Waals surface area contributed by atoms with Crippen molar-refractivity contribution in [1.29, 1.82) is 0 Å². The molecule has 0 bridgehead atoms. The quantitative estimate of drug-likeness (QED) is 0.370. The van der Waals surface area contributed by atoms with E-state index in [-0.39, 0.29) is 5.91 Å². The highest BCUT2D eigenvalue weighted by atomic mass is 16.2. The summed E-state index contributed by atoms with van der Waals surface area (Å²) in [5.74, 6) is 4.73. The molecule has 2 heterocycles. The van der Waals surface area contributed by atoms with Gasteiger partial charge in [-0.1, -0.05) is 24.3 Å². The SMILES string of the molecule is NNC(=O)c1ncn2c1ccc1ccccc12. The Hall–Kier alpha value is -2.40. The first-order valence-electron chi connectivity index (χ1n) is 5.17. The van der Waals surface area contributed by atoms with Crippen LogP contribution in [0, 0.1) is 0 Å². The third kappa shape index (κ3) is 1.37. The lowest BCUT2D eigenvalue weighted by molar-refractivity contribution is 0.0951. The average molecular weight is 226 g/mol. The fourth-order valence-corrected chi connectivity index (χ4v) is 1.97. The maximum atomic E-state index is 11.5. The summed E-state index contributed by atoms with van der Waals surface area (Å²) in [5, 5.41) is 1.09. The molecule has 0 saturated carbocycles. The zero-order valence-electron chi connectivity index (χ0n) is 8.92. The van der Waals surface area contributed by atoms with Crippen LogP contribution in [0.3, 0.4) is 0 Å². The van der Waals surface area contributed by atoms with Crippen molar-refractivity contribution in [2.24, 2.45) is 5.84 Å². The van der Waals surface area contributed by atoms with Crippen LogP contribution < -0.4 is 11.3 Å². The van der Waals surface area contributed by atoms with E-state index in [0.717, 1.165) is 16.4 Å². The van der Waals surface area contributed by atoms with Crippen molar-refractivity contribution in [1.82, 2.24) is 14.8 Å². The third-order valence-electron chi connectivity index (χ3n) is 2.77. The van der Waals surface area contributed by atoms with E-state index >= 15 is 0 Å². The largest absolute Gasteiger partial charge is 0.298 e. The van der Waals surface area contributed by atoms with E-state index in [1.165, 1.54) is 0 Å². The minimum Gasteiger partial charge on any atom is -0.298 e. The van der Waals surface area contributed by atoms with Gasteiger partial charge in [0.05, 0.1) is 11.0 Å². The van der Waals surface area contributed by atoms with Crippen LogP contribution in [0.4, 0.5) is 0 Å². The van der Waals surface area contributed by atoms with Crippen LogP contribution in [0.15, 0.2) is 42.7 Å². The molecule has 0 aliphatic carbocycles. The molecular formula is C12H10N4O. The normalized spacial score (nSPS) is 10.9. The summed E-state index contributed by atoms with van der Waals surface area (Å²) in [6.45, 7) is 0. The number of amides is 1. The molecule has 2 aromatic heterocycles. The molecule has 17 heavy (non-hydrogen) atoms. The number of imidazole rings is 1. The maximum Gasteiger partial charge on any atom is 0.286 e. The van der Waals surface area contributed by atoms with Crippen LogP contribution in [-0.2, 0) is 0 Å². The number of fused-ring (bicyclic) bond motifs is 3. The van der Waals surface area contributed by atoms with Gasteiger partial charge < -0.3 is 0 Å². The molecule has 0 radical (unpaired) electrons. The second-order valence-electron chi connectivity index (χ2n) is 3.71. The van der Waals surface area contributed by atoms with Crippen molar-refractivity contribution in [2.45, 2.75) is 0 Å². The first kappa shape index (κ1) is 9.80. The molecule has 1 amide bonds. The van der Waals surface area contributed by atoms with Crippen molar-refractivity contribution in [3.63, 3.8) is 0 Å².